The zero-order valence-corrected chi connectivity index (χ0v) is 15.8. The molecule has 0 saturated carbocycles. The Bertz CT molecular complexity index is 1050. The predicted octanol–water partition coefficient (Wildman–Crippen LogP) is 4.27. The van der Waals surface area contributed by atoms with Gasteiger partial charge in [-0.25, -0.2) is 19.4 Å². The fourth-order valence-electron chi connectivity index (χ4n) is 2.58. The number of carbonyl (C=O) groups excluding carboxylic acids is 1. The zero-order valence-electron chi connectivity index (χ0n) is 15.8. The first-order valence-electron chi connectivity index (χ1n) is 8.60. The monoisotopic (exact) mass is 406 g/mol. The summed E-state index contributed by atoms with van der Waals surface area (Å²) in [5.74, 6) is -0.779. The molecule has 3 aromatic rings. The molecule has 0 unspecified atom stereocenters. The van der Waals surface area contributed by atoms with E-state index in [1.54, 1.807) is 6.07 Å². The van der Waals surface area contributed by atoms with Crippen LogP contribution < -0.4 is 4.74 Å². The summed E-state index contributed by atoms with van der Waals surface area (Å²) in [6.45, 7) is 5.14. The van der Waals surface area contributed by atoms with E-state index in [4.69, 9.17) is 9.47 Å². The summed E-state index contributed by atoms with van der Waals surface area (Å²) >= 11 is 0. The highest BCUT2D eigenvalue weighted by atomic mass is 19.4. The van der Waals surface area contributed by atoms with Crippen LogP contribution in [0.5, 0.6) is 11.6 Å². The Kier molecular flexibility index (Phi) is 5.53. The molecule has 0 amide bonds. The van der Waals surface area contributed by atoms with E-state index in [1.807, 2.05) is 26.0 Å². The van der Waals surface area contributed by atoms with Crippen molar-refractivity contribution in [2.24, 2.45) is 0 Å². The van der Waals surface area contributed by atoms with Crippen molar-refractivity contribution in [3.63, 3.8) is 0 Å². The Labute approximate surface area is 164 Å². The summed E-state index contributed by atoms with van der Waals surface area (Å²) in [6.07, 6.45) is -3.01. The van der Waals surface area contributed by atoms with Gasteiger partial charge in [-0.1, -0.05) is 12.1 Å². The van der Waals surface area contributed by atoms with Crippen LogP contribution in [0.1, 0.15) is 34.1 Å². The largest absolute Gasteiger partial charge is 0.462 e. The molecule has 1 aromatic carbocycles. The number of carbonyl (C=O) groups is 1. The van der Waals surface area contributed by atoms with Gasteiger partial charge < -0.3 is 9.47 Å². The second-order valence-corrected chi connectivity index (χ2v) is 6.12. The van der Waals surface area contributed by atoms with Crippen molar-refractivity contribution in [1.82, 2.24) is 19.7 Å². The van der Waals surface area contributed by atoms with Gasteiger partial charge >= 0.3 is 12.1 Å². The average molecular weight is 406 g/mol. The quantitative estimate of drug-likeness (QED) is 0.589. The van der Waals surface area contributed by atoms with Crippen molar-refractivity contribution in [1.29, 1.82) is 0 Å². The van der Waals surface area contributed by atoms with Crippen LogP contribution in [-0.2, 0) is 10.9 Å². The van der Waals surface area contributed by atoms with Crippen LogP contribution in [0.2, 0.25) is 0 Å². The summed E-state index contributed by atoms with van der Waals surface area (Å²) < 4.78 is 51.8. The molecule has 0 bridgehead atoms. The van der Waals surface area contributed by atoms with Gasteiger partial charge in [-0.05, 0) is 38.0 Å². The zero-order chi connectivity index (χ0) is 21.2. The fraction of sp³-hybridized carbons (Fsp3) is 0.263. The SMILES string of the molecule is CCOC(=O)c1cnn(-c2cc(Oc3cc(C)ccc3C)ncn2)c1C(F)(F)F. The minimum Gasteiger partial charge on any atom is -0.462 e. The van der Waals surface area contributed by atoms with Gasteiger partial charge in [-0.2, -0.15) is 18.3 Å². The third kappa shape index (κ3) is 4.36. The first kappa shape index (κ1) is 20.3. The summed E-state index contributed by atoms with van der Waals surface area (Å²) in [6, 6.07) is 6.75. The van der Waals surface area contributed by atoms with Crippen molar-refractivity contribution in [3.05, 3.63) is 59.2 Å². The molecule has 0 aliphatic rings. The van der Waals surface area contributed by atoms with Crippen LogP contribution in [0.25, 0.3) is 5.82 Å². The molecule has 0 spiro atoms. The maximum atomic E-state index is 13.6. The summed E-state index contributed by atoms with van der Waals surface area (Å²) in [4.78, 5) is 19.7. The van der Waals surface area contributed by atoms with Gasteiger partial charge in [0.15, 0.2) is 11.5 Å². The first-order chi connectivity index (χ1) is 13.7. The Morgan fingerprint density at radius 3 is 2.62 bits per heavy atom. The lowest BCUT2D eigenvalue weighted by atomic mass is 10.1. The summed E-state index contributed by atoms with van der Waals surface area (Å²) in [7, 11) is 0. The number of benzene rings is 1. The molecule has 10 heteroatoms. The van der Waals surface area contributed by atoms with Crippen LogP contribution in [0.15, 0.2) is 36.8 Å². The number of hydrogen-bond donors (Lipinski definition) is 0. The molecule has 0 saturated heterocycles. The van der Waals surface area contributed by atoms with E-state index < -0.39 is 23.4 Å². The van der Waals surface area contributed by atoms with Crippen LogP contribution in [0.4, 0.5) is 13.2 Å². The van der Waals surface area contributed by atoms with E-state index in [-0.39, 0.29) is 18.3 Å². The van der Waals surface area contributed by atoms with Crippen molar-refractivity contribution in [2.75, 3.05) is 6.61 Å². The molecule has 0 fully saturated rings. The van der Waals surface area contributed by atoms with Gasteiger partial charge in [-0.15, -0.1) is 0 Å². The van der Waals surface area contributed by atoms with Gasteiger partial charge in [0.25, 0.3) is 0 Å². The second-order valence-electron chi connectivity index (χ2n) is 6.12. The highest BCUT2D eigenvalue weighted by Gasteiger charge is 2.41. The van der Waals surface area contributed by atoms with Crippen molar-refractivity contribution in [3.8, 4) is 17.4 Å². The Morgan fingerprint density at radius 1 is 1.17 bits per heavy atom. The van der Waals surface area contributed by atoms with Gasteiger partial charge in [0.2, 0.25) is 5.88 Å². The van der Waals surface area contributed by atoms with Gasteiger partial charge in [0.05, 0.1) is 12.8 Å². The smallest absolute Gasteiger partial charge is 0.434 e. The molecular formula is C19H17F3N4O3. The van der Waals surface area contributed by atoms with Gasteiger partial charge in [0.1, 0.15) is 17.6 Å². The van der Waals surface area contributed by atoms with Gasteiger partial charge in [0, 0.05) is 6.07 Å². The Morgan fingerprint density at radius 2 is 1.93 bits per heavy atom. The number of rotatable bonds is 5. The summed E-state index contributed by atoms with van der Waals surface area (Å²) in [5, 5.41) is 3.69. The Hall–Kier alpha value is -3.43. The average Bonchev–Trinajstić information content (AvgIpc) is 3.11. The van der Waals surface area contributed by atoms with Crippen molar-refractivity contribution < 1.29 is 27.4 Å². The standard InChI is InChI=1S/C19H17F3N4O3/c1-4-28-18(27)13-9-25-26(17(13)19(20,21)22)15-8-16(24-10-23-15)29-14-7-11(2)5-6-12(14)3/h5-10H,4H2,1-3H3. The van der Waals surface area contributed by atoms with Crippen LogP contribution >= 0.6 is 0 Å². The number of esters is 1. The number of hydrogen-bond acceptors (Lipinski definition) is 6. The number of aromatic nitrogens is 4. The molecule has 29 heavy (non-hydrogen) atoms. The molecule has 3 rings (SSSR count). The number of aryl methyl sites for hydroxylation is 2. The lowest BCUT2D eigenvalue weighted by Crippen LogP contribution is -2.19. The van der Waals surface area contributed by atoms with Crippen molar-refractivity contribution >= 4 is 5.97 Å². The number of halogens is 3. The molecule has 0 atom stereocenters. The third-order valence-corrected chi connectivity index (χ3v) is 3.94. The van der Waals surface area contributed by atoms with E-state index >= 15 is 0 Å². The predicted molar refractivity (Wildman–Crippen MR) is 96.1 cm³/mol. The van der Waals surface area contributed by atoms with E-state index in [0.29, 0.717) is 10.4 Å². The lowest BCUT2D eigenvalue weighted by Gasteiger charge is -2.13. The van der Waals surface area contributed by atoms with Crippen molar-refractivity contribution in [2.45, 2.75) is 26.9 Å². The highest BCUT2D eigenvalue weighted by Crippen LogP contribution is 2.34. The number of nitrogens with zero attached hydrogens (tertiary/aromatic N) is 4. The maximum absolute atomic E-state index is 13.6. The molecule has 2 aromatic heterocycles. The number of alkyl halides is 3. The highest BCUT2D eigenvalue weighted by molar-refractivity contribution is 5.90. The molecule has 0 N–H and O–H groups in total. The first-order valence-corrected chi connectivity index (χ1v) is 8.60. The topological polar surface area (TPSA) is 79.1 Å². The lowest BCUT2D eigenvalue weighted by molar-refractivity contribution is -0.143. The minimum absolute atomic E-state index is 0.0324. The van der Waals surface area contributed by atoms with Gasteiger partial charge in [-0.3, -0.25) is 0 Å². The molecular weight excluding hydrogens is 389 g/mol. The molecule has 7 nitrogen and oxygen atoms in total. The fourth-order valence-corrected chi connectivity index (χ4v) is 2.58. The summed E-state index contributed by atoms with van der Waals surface area (Å²) in [5.41, 5.74) is -0.205. The molecule has 152 valence electrons. The third-order valence-electron chi connectivity index (χ3n) is 3.94. The minimum atomic E-state index is -4.86. The molecule has 0 aliphatic heterocycles. The molecule has 0 aliphatic carbocycles. The normalized spacial score (nSPS) is 11.4. The Balaban J connectivity index is 2.03. The van der Waals surface area contributed by atoms with Crippen LogP contribution in [0.3, 0.4) is 0 Å². The maximum Gasteiger partial charge on any atom is 0.434 e. The van der Waals surface area contributed by atoms with E-state index in [9.17, 15) is 18.0 Å². The number of ether oxygens (including phenoxy) is 2. The van der Waals surface area contributed by atoms with Crippen LogP contribution in [0, 0.1) is 13.8 Å². The van der Waals surface area contributed by atoms with E-state index in [0.717, 1.165) is 23.7 Å². The van der Waals surface area contributed by atoms with E-state index in [2.05, 4.69) is 15.1 Å². The molecule has 2 heterocycles. The molecule has 0 radical (unpaired) electrons. The second kappa shape index (κ2) is 7.90. The van der Waals surface area contributed by atoms with Crippen LogP contribution in [-0.4, -0.2) is 32.3 Å². The van der Waals surface area contributed by atoms with E-state index in [1.165, 1.54) is 13.0 Å².